The molecule has 0 radical (unpaired) electrons. The van der Waals surface area contributed by atoms with E-state index in [1.165, 1.54) is 12.1 Å². The first kappa shape index (κ1) is 14.8. The third-order valence-electron chi connectivity index (χ3n) is 3.09. The SMILES string of the molecule is CCNc1cc(NC2CCC(=O)NC2=O)cc([N+](=O)[O-])c1. The van der Waals surface area contributed by atoms with E-state index in [1.807, 2.05) is 6.92 Å². The standard InChI is InChI=1S/C13H16N4O4/c1-2-14-8-5-9(7-10(6-8)17(20)21)15-11-3-4-12(18)16-13(11)19/h5-7,11,14-15H,2-4H2,1H3,(H,16,18,19). The highest BCUT2D eigenvalue weighted by atomic mass is 16.6. The van der Waals surface area contributed by atoms with Gasteiger partial charge >= 0.3 is 0 Å². The van der Waals surface area contributed by atoms with Crippen LogP contribution in [0.15, 0.2) is 18.2 Å². The van der Waals surface area contributed by atoms with Crippen molar-refractivity contribution in [2.24, 2.45) is 0 Å². The second-order valence-electron chi connectivity index (χ2n) is 4.70. The van der Waals surface area contributed by atoms with Crippen molar-refractivity contribution in [2.45, 2.75) is 25.8 Å². The molecule has 1 fully saturated rings. The molecular weight excluding hydrogens is 276 g/mol. The van der Waals surface area contributed by atoms with E-state index in [9.17, 15) is 19.7 Å². The van der Waals surface area contributed by atoms with Crippen LogP contribution < -0.4 is 16.0 Å². The van der Waals surface area contributed by atoms with Crippen molar-refractivity contribution in [3.8, 4) is 0 Å². The molecule has 1 aliphatic heterocycles. The lowest BCUT2D eigenvalue weighted by molar-refractivity contribution is -0.384. The minimum absolute atomic E-state index is 0.0664. The lowest BCUT2D eigenvalue weighted by Gasteiger charge is -2.23. The van der Waals surface area contributed by atoms with E-state index in [2.05, 4.69) is 16.0 Å². The van der Waals surface area contributed by atoms with Crippen LogP contribution in [0, 0.1) is 10.1 Å². The number of non-ortho nitro benzene ring substituents is 1. The Labute approximate surface area is 121 Å². The normalized spacial score (nSPS) is 18.0. The number of nitrogens with one attached hydrogen (secondary N) is 3. The molecule has 3 N–H and O–H groups in total. The van der Waals surface area contributed by atoms with E-state index < -0.39 is 16.9 Å². The Morgan fingerprint density at radius 2 is 2.05 bits per heavy atom. The predicted molar refractivity (Wildman–Crippen MR) is 77.1 cm³/mol. The number of hydrogen-bond acceptors (Lipinski definition) is 6. The van der Waals surface area contributed by atoms with E-state index in [1.54, 1.807) is 6.07 Å². The molecule has 0 saturated carbocycles. The molecule has 1 heterocycles. The van der Waals surface area contributed by atoms with Gasteiger partial charge in [0.2, 0.25) is 11.8 Å². The molecule has 1 atom stereocenters. The number of nitro benzene ring substituents is 1. The van der Waals surface area contributed by atoms with Crippen molar-refractivity contribution < 1.29 is 14.5 Å². The predicted octanol–water partition coefficient (Wildman–Crippen LogP) is 1.24. The van der Waals surface area contributed by atoms with Gasteiger partial charge in [-0.15, -0.1) is 0 Å². The largest absolute Gasteiger partial charge is 0.385 e. The van der Waals surface area contributed by atoms with E-state index in [0.29, 0.717) is 24.3 Å². The maximum Gasteiger partial charge on any atom is 0.273 e. The van der Waals surface area contributed by atoms with Gasteiger partial charge < -0.3 is 10.6 Å². The first-order valence-corrected chi connectivity index (χ1v) is 6.63. The summed E-state index contributed by atoms with van der Waals surface area (Å²) < 4.78 is 0. The van der Waals surface area contributed by atoms with Crippen LogP contribution in [0.5, 0.6) is 0 Å². The summed E-state index contributed by atoms with van der Waals surface area (Å²) in [5.74, 6) is -0.715. The summed E-state index contributed by atoms with van der Waals surface area (Å²) in [5, 5.41) is 19.1. The van der Waals surface area contributed by atoms with Gasteiger partial charge in [0, 0.05) is 36.5 Å². The van der Waals surface area contributed by atoms with Crippen LogP contribution in [-0.4, -0.2) is 29.3 Å². The molecule has 0 spiro atoms. The summed E-state index contributed by atoms with van der Waals surface area (Å²) in [5.41, 5.74) is 0.999. The number of carbonyl (C=O) groups is 2. The highest BCUT2D eigenvalue weighted by molar-refractivity contribution is 6.01. The van der Waals surface area contributed by atoms with Crippen LogP contribution in [-0.2, 0) is 9.59 Å². The molecule has 0 aliphatic carbocycles. The number of benzene rings is 1. The second kappa shape index (κ2) is 6.21. The van der Waals surface area contributed by atoms with Crippen LogP contribution in [0.1, 0.15) is 19.8 Å². The van der Waals surface area contributed by atoms with Gasteiger partial charge in [0.05, 0.1) is 4.92 Å². The van der Waals surface area contributed by atoms with E-state index in [0.717, 1.165) is 0 Å². The molecule has 8 nitrogen and oxygen atoms in total. The molecule has 0 aromatic heterocycles. The van der Waals surface area contributed by atoms with Gasteiger partial charge in [-0.25, -0.2) is 0 Å². The molecule has 2 amide bonds. The smallest absolute Gasteiger partial charge is 0.273 e. The number of carbonyl (C=O) groups excluding carboxylic acids is 2. The number of anilines is 2. The van der Waals surface area contributed by atoms with E-state index in [-0.39, 0.29) is 18.0 Å². The molecule has 2 rings (SSSR count). The third kappa shape index (κ3) is 3.68. The Hall–Kier alpha value is -2.64. The zero-order valence-corrected chi connectivity index (χ0v) is 11.5. The van der Waals surface area contributed by atoms with Gasteiger partial charge in [-0.1, -0.05) is 0 Å². The highest BCUT2D eigenvalue weighted by Gasteiger charge is 2.26. The molecule has 112 valence electrons. The average Bonchev–Trinajstić information content (AvgIpc) is 2.42. The molecule has 21 heavy (non-hydrogen) atoms. The van der Waals surface area contributed by atoms with Crippen LogP contribution >= 0.6 is 0 Å². The summed E-state index contributed by atoms with van der Waals surface area (Å²) in [7, 11) is 0. The topological polar surface area (TPSA) is 113 Å². The lowest BCUT2D eigenvalue weighted by atomic mass is 10.1. The zero-order chi connectivity index (χ0) is 15.4. The molecule has 1 aliphatic rings. The maximum absolute atomic E-state index is 11.7. The Kier molecular flexibility index (Phi) is 4.36. The zero-order valence-electron chi connectivity index (χ0n) is 11.5. The molecule has 8 heteroatoms. The quantitative estimate of drug-likeness (QED) is 0.427. The molecular formula is C13H16N4O4. The Bertz CT molecular complexity index is 588. The van der Waals surface area contributed by atoms with Crippen LogP contribution in [0.25, 0.3) is 0 Å². The first-order valence-electron chi connectivity index (χ1n) is 6.63. The number of amides is 2. The number of nitrogens with zero attached hydrogens (tertiary/aromatic N) is 1. The van der Waals surface area contributed by atoms with Crippen molar-refractivity contribution in [3.05, 3.63) is 28.3 Å². The third-order valence-corrected chi connectivity index (χ3v) is 3.09. The van der Waals surface area contributed by atoms with Crippen molar-refractivity contribution in [1.29, 1.82) is 0 Å². The average molecular weight is 292 g/mol. The number of nitro groups is 1. The van der Waals surface area contributed by atoms with Crippen LogP contribution in [0.3, 0.4) is 0 Å². The lowest BCUT2D eigenvalue weighted by Crippen LogP contribution is -2.47. The van der Waals surface area contributed by atoms with Gasteiger partial charge in [-0.05, 0) is 19.4 Å². The first-order chi connectivity index (χ1) is 9.99. The van der Waals surface area contributed by atoms with E-state index >= 15 is 0 Å². The van der Waals surface area contributed by atoms with Crippen molar-refractivity contribution in [2.75, 3.05) is 17.2 Å². The molecule has 1 aromatic rings. The minimum atomic E-state index is -0.570. The summed E-state index contributed by atoms with van der Waals surface area (Å²) in [4.78, 5) is 33.2. The summed E-state index contributed by atoms with van der Waals surface area (Å²) in [6, 6.07) is 3.92. The maximum atomic E-state index is 11.7. The van der Waals surface area contributed by atoms with Gasteiger partial charge in [0.15, 0.2) is 0 Å². The van der Waals surface area contributed by atoms with Crippen LogP contribution in [0.2, 0.25) is 0 Å². The number of piperidine rings is 1. The Morgan fingerprint density at radius 1 is 1.33 bits per heavy atom. The summed E-state index contributed by atoms with van der Waals surface area (Å²) in [6.07, 6.45) is 0.613. The molecule has 0 bridgehead atoms. The highest BCUT2D eigenvalue weighted by Crippen LogP contribution is 2.25. The van der Waals surface area contributed by atoms with Gasteiger partial charge in [0.25, 0.3) is 5.69 Å². The fraction of sp³-hybridized carbons (Fsp3) is 0.385. The number of imide groups is 1. The summed E-state index contributed by atoms with van der Waals surface area (Å²) >= 11 is 0. The van der Waals surface area contributed by atoms with Gasteiger partial charge in [-0.2, -0.15) is 0 Å². The monoisotopic (exact) mass is 292 g/mol. The van der Waals surface area contributed by atoms with E-state index in [4.69, 9.17) is 0 Å². The van der Waals surface area contributed by atoms with Crippen molar-refractivity contribution in [3.63, 3.8) is 0 Å². The fourth-order valence-electron chi connectivity index (χ4n) is 2.14. The molecule has 1 unspecified atom stereocenters. The number of rotatable bonds is 5. The fourth-order valence-corrected chi connectivity index (χ4v) is 2.14. The second-order valence-corrected chi connectivity index (χ2v) is 4.70. The summed E-state index contributed by atoms with van der Waals surface area (Å²) in [6.45, 7) is 2.51. The van der Waals surface area contributed by atoms with Gasteiger partial charge in [0.1, 0.15) is 6.04 Å². The van der Waals surface area contributed by atoms with Gasteiger partial charge in [-0.3, -0.25) is 25.0 Å². The Morgan fingerprint density at radius 3 is 2.67 bits per heavy atom. The Balaban J connectivity index is 2.20. The van der Waals surface area contributed by atoms with Crippen molar-refractivity contribution in [1.82, 2.24) is 5.32 Å². The van der Waals surface area contributed by atoms with Crippen LogP contribution in [0.4, 0.5) is 17.1 Å². The molecule has 1 saturated heterocycles. The van der Waals surface area contributed by atoms with Crippen molar-refractivity contribution >= 4 is 28.9 Å². The molecule has 1 aromatic carbocycles. The minimum Gasteiger partial charge on any atom is -0.385 e. The number of hydrogen-bond donors (Lipinski definition) is 3.